The number of nitrogens with zero attached hydrogens (tertiary/aromatic N) is 1. The first kappa shape index (κ1) is 19.7. The Morgan fingerprint density at radius 3 is 2.54 bits per heavy atom. The Hall–Kier alpha value is -2.62. The van der Waals surface area contributed by atoms with Gasteiger partial charge in [0.2, 0.25) is 15.9 Å². The molecule has 0 spiro atoms. The molecule has 2 amide bonds. The summed E-state index contributed by atoms with van der Waals surface area (Å²) in [6.45, 7) is 1.74. The summed E-state index contributed by atoms with van der Waals surface area (Å²) in [6.07, 6.45) is 1.99. The highest BCUT2D eigenvalue weighted by molar-refractivity contribution is 7.92. The molecule has 142 valence electrons. The van der Waals surface area contributed by atoms with Gasteiger partial charge in [0, 0.05) is 25.7 Å². The van der Waals surface area contributed by atoms with Gasteiger partial charge < -0.3 is 15.3 Å². The molecule has 1 fully saturated rings. The molecule has 0 radical (unpaired) electrons. The van der Waals surface area contributed by atoms with Gasteiger partial charge in [0.1, 0.15) is 0 Å². The molecule has 1 heterocycles. The Balaban J connectivity index is 2.37. The van der Waals surface area contributed by atoms with Gasteiger partial charge in [0.15, 0.2) is 0 Å². The second kappa shape index (κ2) is 7.73. The van der Waals surface area contributed by atoms with E-state index in [0.717, 1.165) is 6.26 Å². The number of carboxylic acids is 1. The highest BCUT2D eigenvalue weighted by Gasteiger charge is 2.30. The average molecular weight is 383 g/mol. The van der Waals surface area contributed by atoms with Crippen LogP contribution in [0.25, 0.3) is 0 Å². The summed E-state index contributed by atoms with van der Waals surface area (Å²) in [7, 11) is -3.63. The van der Waals surface area contributed by atoms with Crippen molar-refractivity contribution in [1.82, 2.24) is 4.90 Å². The number of piperidine rings is 1. The van der Waals surface area contributed by atoms with Crippen LogP contribution in [0.3, 0.4) is 0 Å². The number of aliphatic carboxylic acids is 1. The molecule has 0 aromatic heterocycles. The van der Waals surface area contributed by atoms with Gasteiger partial charge in [-0.2, -0.15) is 0 Å². The fourth-order valence-electron chi connectivity index (χ4n) is 2.82. The van der Waals surface area contributed by atoms with Crippen LogP contribution in [-0.2, 0) is 19.6 Å². The maximum atomic E-state index is 12.9. The minimum atomic E-state index is -3.63. The highest BCUT2D eigenvalue weighted by Crippen LogP contribution is 2.26. The number of rotatable bonds is 5. The van der Waals surface area contributed by atoms with Gasteiger partial charge in [-0.05, 0) is 31.0 Å². The van der Waals surface area contributed by atoms with Gasteiger partial charge in [0.25, 0.3) is 5.91 Å². The highest BCUT2D eigenvalue weighted by atomic mass is 32.2. The number of hydrogen-bond acceptors (Lipinski definition) is 5. The molecule has 0 bridgehead atoms. The molecule has 1 saturated heterocycles. The lowest BCUT2D eigenvalue weighted by Gasteiger charge is -2.31. The van der Waals surface area contributed by atoms with Crippen LogP contribution in [0.2, 0.25) is 0 Å². The first-order valence-electron chi connectivity index (χ1n) is 7.98. The second-order valence-electron chi connectivity index (χ2n) is 6.24. The van der Waals surface area contributed by atoms with Crippen molar-refractivity contribution in [3.8, 4) is 0 Å². The molecule has 9 nitrogen and oxygen atoms in total. The molecule has 1 atom stereocenters. The maximum Gasteiger partial charge on any atom is 0.308 e. The Morgan fingerprint density at radius 1 is 1.27 bits per heavy atom. The Bertz CT molecular complexity index is 836. The average Bonchev–Trinajstić information content (AvgIpc) is 2.54. The van der Waals surface area contributed by atoms with E-state index in [-0.39, 0.29) is 23.7 Å². The summed E-state index contributed by atoms with van der Waals surface area (Å²) < 4.78 is 25.4. The molecule has 1 aromatic carbocycles. The molecule has 2 rings (SSSR count). The van der Waals surface area contributed by atoms with Crippen molar-refractivity contribution in [2.45, 2.75) is 19.8 Å². The molecule has 0 saturated carbocycles. The van der Waals surface area contributed by atoms with Crippen LogP contribution in [0, 0.1) is 5.92 Å². The zero-order valence-electron chi connectivity index (χ0n) is 14.5. The summed E-state index contributed by atoms with van der Waals surface area (Å²) in [4.78, 5) is 36.7. The quantitative estimate of drug-likeness (QED) is 0.693. The van der Waals surface area contributed by atoms with Crippen LogP contribution in [0.5, 0.6) is 0 Å². The van der Waals surface area contributed by atoms with E-state index in [2.05, 4.69) is 10.0 Å². The number of hydrogen-bond donors (Lipinski definition) is 3. The zero-order valence-corrected chi connectivity index (χ0v) is 15.3. The van der Waals surface area contributed by atoms with E-state index < -0.39 is 27.8 Å². The fourth-order valence-corrected chi connectivity index (χ4v) is 3.40. The predicted octanol–water partition coefficient (Wildman–Crippen LogP) is 0.953. The van der Waals surface area contributed by atoms with Crippen molar-refractivity contribution in [1.29, 1.82) is 0 Å². The van der Waals surface area contributed by atoms with Crippen LogP contribution in [0.1, 0.15) is 30.1 Å². The number of likely N-dealkylation sites (tertiary alicyclic amines) is 1. The minimum Gasteiger partial charge on any atom is -0.481 e. The third kappa shape index (κ3) is 5.19. The predicted molar refractivity (Wildman–Crippen MR) is 95.5 cm³/mol. The largest absolute Gasteiger partial charge is 0.481 e. The SMILES string of the molecule is CC(=O)Nc1ccc(NS(C)(=O)=O)c(C(=O)N2CCC[C@H](C(=O)O)C2)c1. The van der Waals surface area contributed by atoms with Gasteiger partial charge in [-0.25, -0.2) is 8.42 Å². The molecule has 1 aliphatic rings. The smallest absolute Gasteiger partial charge is 0.308 e. The van der Waals surface area contributed by atoms with Gasteiger partial charge in [-0.3, -0.25) is 19.1 Å². The first-order valence-corrected chi connectivity index (χ1v) is 9.87. The van der Waals surface area contributed by atoms with Crippen molar-refractivity contribution in [2.75, 3.05) is 29.4 Å². The van der Waals surface area contributed by atoms with Crippen LogP contribution in [0.15, 0.2) is 18.2 Å². The van der Waals surface area contributed by atoms with Crippen molar-refractivity contribution in [3.63, 3.8) is 0 Å². The van der Waals surface area contributed by atoms with Gasteiger partial charge in [-0.15, -0.1) is 0 Å². The molecule has 10 heteroatoms. The topological polar surface area (TPSA) is 133 Å². The summed E-state index contributed by atoms with van der Waals surface area (Å²) in [5.74, 6) is -2.45. The van der Waals surface area contributed by atoms with E-state index in [1.807, 2.05) is 0 Å². The molecular formula is C16H21N3O6S. The van der Waals surface area contributed by atoms with Crippen molar-refractivity contribution < 1.29 is 27.9 Å². The number of carbonyl (C=O) groups excluding carboxylic acids is 2. The van der Waals surface area contributed by atoms with Crippen LogP contribution >= 0.6 is 0 Å². The lowest BCUT2D eigenvalue weighted by Crippen LogP contribution is -2.42. The van der Waals surface area contributed by atoms with Gasteiger partial charge in [0.05, 0.1) is 23.4 Å². The van der Waals surface area contributed by atoms with Crippen LogP contribution in [-0.4, -0.2) is 55.6 Å². The van der Waals surface area contributed by atoms with Crippen LogP contribution < -0.4 is 10.0 Å². The van der Waals surface area contributed by atoms with Crippen molar-refractivity contribution in [3.05, 3.63) is 23.8 Å². The number of nitrogens with one attached hydrogen (secondary N) is 2. The minimum absolute atomic E-state index is 0.0488. The van der Waals surface area contributed by atoms with Crippen LogP contribution in [0.4, 0.5) is 11.4 Å². The summed E-state index contributed by atoms with van der Waals surface area (Å²) in [6, 6.07) is 4.24. The maximum absolute atomic E-state index is 12.9. The third-order valence-corrected chi connectivity index (χ3v) is 4.51. The number of carbonyl (C=O) groups is 3. The zero-order chi connectivity index (χ0) is 19.5. The normalized spacial score (nSPS) is 17.5. The van der Waals surface area contributed by atoms with Gasteiger partial charge in [-0.1, -0.05) is 0 Å². The van der Waals surface area contributed by atoms with E-state index in [1.165, 1.54) is 30.0 Å². The number of carboxylic acid groups (broad SMARTS) is 1. The molecular weight excluding hydrogens is 362 g/mol. The third-order valence-electron chi connectivity index (χ3n) is 3.92. The fraction of sp³-hybridized carbons (Fsp3) is 0.438. The lowest BCUT2D eigenvalue weighted by molar-refractivity contribution is -0.143. The van der Waals surface area contributed by atoms with E-state index in [1.54, 1.807) is 0 Å². The summed E-state index contributed by atoms with van der Waals surface area (Å²) in [5.41, 5.74) is 0.462. The van der Waals surface area contributed by atoms with E-state index in [4.69, 9.17) is 0 Å². The number of sulfonamides is 1. The molecule has 0 aliphatic carbocycles. The lowest BCUT2D eigenvalue weighted by atomic mass is 9.97. The Labute approximate surface area is 151 Å². The first-order chi connectivity index (χ1) is 12.1. The molecule has 26 heavy (non-hydrogen) atoms. The van der Waals surface area contributed by atoms with E-state index in [9.17, 15) is 27.9 Å². The number of amides is 2. The molecule has 0 unspecified atom stereocenters. The monoisotopic (exact) mass is 383 g/mol. The Morgan fingerprint density at radius 2 is 1.96 bits per heavy atom. The van der Waals surface area contributed by atoms with E-state index >= 15 is 0 Å². The van der Waals surface area contributed by atoms with E-state index in [0.29, 0.717) is 25.1 Å². The Kier molecular flexibility index (Phi) is 5.86. The second-order valence-corrected chi connectivity index (χ2v) is 7.99. The van der Waals surface area contributed by atoms with Crippen molar-refractivity contribution >= 4 is 39.2 Å². The van der Waals surface area contributed by atoms with Gasteiger partial charge >= 0.3 is 5.97 Å². The number of benzene rings is 1. The van der Waals surface area contributed by atoms with Crippen molar-refractivity contribution in [2.24, 2.45) is 5.92 Å². The molecule has 1 aliphatic heterocycles. The standard InChI is InChI=1S/C16H21N3O6S/c1-10(20)17-12-5-6-14(18-26(2,24)25)13(8-12)15(21)19-7-3-4-11(9-19)16(22)23/h5-6,8,11,18H,3-4,7,9H2,1-2H3,(H,17,20)(H,22,23)/t11-/m0/s1. The summed E-state index contributed by atoms with van der Waals surface area (Å²) >= 11 is 0. The molecule has 1 aromatic rings. The number of anilines is 2. The molecule has 3 N–H and O–H groups in total. The summed E-state index contributed by atoms with van der Waals surface area (Å²) in [5, 5.41) is 11.7.